The first-order valence-corrected chi connectivity index (χ1v) is 8.12. The minimum absolute atomic E-state index is 0.286. The lowest BCUT2D eigenvalue weighted by molar-refractivity contribution is -0.127. The molecule has 1 amide bonds. The van der Waals surface area contributed by atoms with Crippen LogP contribution in [0.2, 0.25) is 0 Å². The summed E-state index contributed by atoms with van der Waals surface area (Å²) in [5.74, 6) is 0.375. The van der Waals surface area contributed by atoms with E-state index >= 15 is 0 Å². The van der Waals surface area contributed by atoms with Crippen LogP contribution in [-0.4, -0.2) is 18.2 Å². The summed E-state index contributed by atoms with van der Waals surface area (Å²) in [4.78, 5) is 13.0. The molecular weight excluding hydrogens is 308 g/mol. The molecule has 1 heterocycles. The molecule has 0 radical (unpaired) electrons. The van der Waals surface area contributed by atoms with Crippen molar-refractivity contribution in [2.75, 3.05) is 0 Å². The summed E-state index contributed by atoms with van der Waals surface area (Å²) in [6, 6.07) is 17.6. The van der Waals surface area contributed by atoms with Gasteiger partial charge in [0.25, 0.3) is 5.91 Å². The van der Waals surface area contributed by atoms with Crippen molar-refractivity contribution >= 4 is 34.2 Å². The second-order valence-electron chi connectivity index (χ2n) is 5.02. The van der Waals surface area contributed by atoms with Crippen LogP contribution in [0.15, 0.2) is 65.1 Å². The summed E-state index contributed by atoms with van der Waals surface area (Å²) in [6.45, 7) is 1.70. The van der Waals surface area contributed by atoms with E-state index in [4.69, 9.17) is 4.74 Å². The summed E-state index contributed by atoms with van der Waals surface area (Å²) < 4.78 is 5.69. The molecule has 4 nitrogen and oxygen atoms in total. The molecule has 3 aromatic rings. The summed E-state index contributed by atoms with van der Waals surface area (Å²) in [7, 11) is 0. The molecular formula is C18H16N2O2S. The molecule has 116 valence electrons. The van der Waals surface area contributed by atoms with Crippen LogP contribution < -0.4 is 10.2 Å². The third kappa shape index (κ3) is 3.96. The van der Waals surface area contributed by atoms with Gasteiger partial charge in [-0.2, -0.15) is 5.10 Å². The Labute approximate surface area is 138 Å². The van der Waals surface area contributed by atoms with Crippen molar-refractivity contribution in [3.63, 3.8) is 0 Å². The van der Waals surface area contributed by atoms with Gasteiger partial charge in [0.05, 0.1) is 6.21 Å². The van der Waals surface area contributed by atoms with Gasteiger partial charge in [-0.25, -0.2) is 5.43 Å². The van der Waals surface area contributed by atoms with Gasteiger partial charge in [0.15, 0.2) is 6.10 Å². The van der Waals surface area contributed by atoms with Gasteiger partial charge < -0.3 is 4.74 Å². The van der Waals surface area contributed by atoms with E-state index in [9.17, 15) is 4.79 Å². The second-order valence-corrected chi connectivity index (χ2v) is 6.00. The monoisotopic (exact) mass is 324 g/mol. The molecule has 1 aromatic heterocycles. The Balaban J connectivity index is 1.60. The Bertz CT molecular complexity index is 828. The first-order chi connectivity index (χ1) is 11.2. The van der Waals surface area contributed by atoms with E-state index in [0.29, 0.717) is 5.75 Å². The Kier molecular flexibility index (Phi) is 4.68. The highest BCUT2D eigenvalue weighted by Crippen LogP contribution is 2.21. The quantitative estimate of drug-likeness (QED) is 0.573. The molecule has 23 heavy (non-hydrogen) atoms. The SMILES string of the molecule is C[C@H](Oc1ccc2ccccc2c1)C(=O)N/N=C\c1cccs1. The number of amides is 1. The topological polar surface area (TPSA) is 50.7 Å². The zero-order chi connectivity index (χ0) is 16.1. The van der Waals surface area contributed by atoms with Gasteiger partial charge in [-0.1, -0.05) is 36.4 Å². The van der Waals surface area contributed by atoms with Gasteiger partial charge in [-0.05, 0) is 41.3 Å². The number of rotatable bonds is 5. The van der Waals surface area contributed by atoms with Crippen molar-refractivity contribution in [3.8, 4) is 5.75 Å². The van der Waals surface area contributed by atoms with Crippen molar-refractivity contribution in [1.29, 1.82) is 0 Å². The zero-order valence-corrected chi connectivity index (χ0v) is 13.4. The van der Waals surface area contributed by atoms with Gasteiger partial charge in [-0.3, -0.25) is 4.79 Å². The highest BCUT2D eigenvalue weighted by Gasteiger charge is 2.14. The third-order valence-corrected chi connectivity index (χ3v) is 4.12. The molecule has 0 aliphatic rings. The number of fused-ring (bicyclic) bond motifs is 1. The fourth-order valence-corrected chi connectivity index (χ4v) is 2.70. The minimum atomic E-state index is -0.628. The molecule has 2 aromatic carbocycles. The molecule has 0 saturated carbocycles. The Hall–Kier alpha value is -2.66. The van der Waals surface area contributed by atoms with E-state index in [1.54, 1.807) is 24.5 Å². The molecule has 1 atom stereocenters. The highest BCUT2D eigenvalue weighted by molar-refractivity contribution is 7.11. The number of nitrogens with one attached hydrogen (secondary N) is 1. The number of ether oxygens (including phenoxy) is 1. The molecule has 1 N–H and O–H groups in total. The lowest BCUT2D eigenvalue weighted by Gasteiger charge is -2.13. The normalized spacial score (nSPS) is 12.4. The summed E-state index contributed by atoms with van der Waals surface area (Å²) in [5.41, 5.74) is 2.49. The van der Waals surface area contributed by atoms with E-state index in [2.05, 4.69) is 10.5 Å². The lowest BCUT2D eigenvalue weighted by Crippen LogP contribution is -2.33. The van der Waals surface area contributed by atoms with Crippen molar-refractivity contribution in [1.82, 2.24) is 5.43 Å². The fourth-order valence-electron chi connectivity index (χ4n) is 2.11. The van der Waals surface area contributed by atoms with Gasteiger partial charge >= 0.3 is 0 Å². The van der Waals surface area contributed by atoms with E-state index in [1.807, 2.05) is 60.0 Å². The van der Waals surface area contributed by atoms with Crippen LogP contribution >= 0.6 is 11.3 Å². The predicted molar refractivity (Wildman–Crippen MR) is 94.1 cm³/mol. The van der Waals surface area contributed by atoms with Crippen molar-refractivity contribution in [2.45, 2.75) is 13.0 Å². The van der Waals surface area contributed by atoms with Crippen LogP contribution in [0.3, 0.4) is 0 Å². The van der Waals surface area contributed by atoms with Gasteiger partial charge in [0.2, 0.25) is 0 Å². The largest absolute Gasteiger partial charge is 0.481 e. The molecule has 0 aliphatic carbocycles. The summed E-state index contributed by atoms with van der Waals surface area (Å²) in [6.07, 6.45) is 0.988. The fraction of sp³-hybridized carbons (Fsp3) is 0.111. The smallest absolute Gasteiger partial charge is 0.280 e. The van der Waals surface area contributed by atoms with Gasteiger partial charge in [0.1, 0.15) is 5.75 Å². The predicted octanol–water partition coefficient (Wildman–Crippen LogP) is 3.82. The highest BCUT2D eigenvalue weighted by atomic mass is 32.1. The van der Waals surface area contributed by atoms with E-state index in [0.717, 1.165) is 15.6 Å². The Morgan fingerprint density at radius 2 is 2.00 bits per heavy atom. The summed E-state index contributed by atoms with van der Waals surface area (Å²) >= 11 is 1.55. The Morgan fingerprint density at radius 1 is 1.17 bits per heavy atom. The van der Waals surface area contributed by atoms with E-state index in [-0.39, 0.29) is 5.91 Å². The molecule has 0 saturated heterocycles. The van der Waals surface area contributed by atoms with Crippen molar-refractivity contribution in [3.05, 3.63) is 64.9 Å². The maximum Gasteiger partial charge on any atom is 0.280 e. The van der Waals surface area contributed by atoms with Crippen molar-refractivity contribution < 1.29 is 9.53 Å². The average Bonchev–Trinajstić information content (AvgIpc) is 3.08. The van der Waals surface area contributed by atoms with Crippen LogP contribution in [0.25, 0.3) is 10.8 Å². The number of carbonyl (C=O) groups is 1. The molecule has 0 fully saturated rings. The van der Waals surface area contributed by atoms with Gasteiger partial charge in [0, 0.05) is 4.88 Å². The van der Waals surface area contributed by atoms with Crippen LogP contribution in [0.4, 0.5) is 0 Å². The van der Waals surface area contributed by atoms with Crippen LogP contribution in [-0.2, 0) is 4.79 Å². The zero-order valence-electron chi connectivity index (χ0n) is 12.6. The number of hydrogen-bond donors (Lipinski definition) is 1. The maximum absolute atomic E-state index is 12.0. The molecule has 0 unspecified atom stereocenters. The summed E-state index contributed by atoms with van der Waals surface area (Å²) in [5, 5.41) is 8.10. The van der Waals surface area contributed by atoms with Crippen LogP contribution in [0.1, 0.15) is 11.8 Å². The molecule has 0 spiro atoms. The number of hydrazone groups is 1. The average molecular weight is 324 g/mol. The van der Waals surface area contributed by atoms with E-state index in [1.165, 1.54) is 0 Å². The number of carbonyl (C=O) groups excluding carboxylic acids is 1. The number of hydrogen-bond acceptors (Lipinski definition) is 4. The lowest BCUT2D eigenvalue weighted by atomic mass is 10.1. The number of benzene rings is 2. The van der Waals surface area contributed by atoms with E-state index < -0.39 is 6.10 Å². The number of thiophene rings is 1. The maximum atomic E-state index is 12.0. The minimum Gasteiger partial charge on any atom is -0.481 e. The Morgan fingerprint density at radius 3 is 2.78 bits per heavy atom. The molecule has 0 bridgehead atoms. The first kappa shape index (κ1) is 15.2. The van der Waals surface area contributed by atoms with Crippen LogP contribution in [0.5, 0.6) is 5.75 Å². The molecule has 3 rings (SSSR count). The van der Waals surface area contributed by atoms with Crippen LogP contribution in [0, 0.1) is 0 Å². The molecule has 5 heteroatoms. The second kappa shape index (κ2) is 7.07. The number of nitrogens with zero attached hydrogens (tertiary/aromatic N) is 1. The van der Waals surface area contributed by atoms with Crippen molar-refractivity contribution in [2.24, 2.45) is 5.10 Å². The van der Waals surface area contributed by atoms with Gasteiger partial charge in [-0.15, -0.1) is 11.3 Å². The molecule has 0 aliphatic heterocycles. The first-order valence-electron chi connectivity index (χ1n) is 7.24. The standard InChI is InChI=1S/C18H16N2O2S/c1-13(18(21)20-19-12-17-7-4-10-23-17)22-16-9-8-14-5-2-3-6-15(14)11-16/h2-13H,1H3,(H,20,21)/b19-12-/t13-/m0/s1. The third-order valence-electron chi connectivity index (χ3n) is 3.31.